The molecule has 0 amide bonds. The van der Waals surface area contributed by atoms with Gasteiger partial charge in [-0.2, -0.15) is 0 Å². The molecule has 1 fully saturated rings. The van der Waals surface area contributed by atoms with E-state index in [-0.39, 0.29) is 0 Å². The first kappa shape index (κ1) is 11.3. The lowest BCUT2D eigenvalue weighted by Crippen LogP contribution is -2.17. The fourth-order valence-corrected chi connectivity index (χ4v) is 2.59. The number of hydrogen-bond donors (Lipinski definition) is 0. The first-order valence-electron chi connectivity index (χ1n) is 6.61. The van der Waals surface area contributed by atoms with Crippen LogP contribution >= 0.6 is 0 Å². The van der Waals surface area contributed by atoms with Crippen molar-refractivity contribution in [3.8, 4) is 11.3 Å². The number of anilines is 1. The number of pyridine rings is 1. The molecule has 0 bridgehead atoms. The smallest absolute Gasteiger partial charge is 0.0731 e. The molecule has 1 aliphatic heterocycles. The highest BCUT2D eigenvalue weighted by molar-refractivity contribution is 5.65. The van der Waals surface area contributed by atoms with Crippen molar-refractivity contribution in [2.75, 3.05) is 18.0 Å². The lowest BCUT2D eigenvalue weighted by atomic mass is 10.1. The molecule has 0 saturated carbocycles. The number of aryl methyl sites for hydroxylation is 1. The van der Waals surface area contributed by atoms with E-state index in [0.717, 1.165) is 5.69 Å². The zero-order valence-corrected chi connectivity index (χ0v) is 10.8. The predicted octanol–water partition coefficient (Wildman–Crippen LogP) is 3.66. The highest BCUT2D eigenvalue weighted by Gasteiger charge is 2.12. The Balaban J connectivity index is 1.89. The molecule has 0 unspecified atom stereocenters. The topological polar surface area (TPSA) is 16.1 Å². The van der Waals surface area contributed by atoms with Crippen molar-refractivity contribution >= 4 is 5.69 Å². The van der Waals surface area contributed by atoms with Crippen LogP contribution in [0.2, 0.25) is 0 Å². The Kier molecular flexibility index (Phi) is 3.01. The maximum Gasteiger partial charge on any atom is 0.0731 e. The van der Waals surface area contributed by atoms with Crippen LogP contribution in [0, 0.1) is 6.92 Å². The third-order valence-electron chi connectivity index (χ3n) is 3.62. The number of benzene rings is 1. The van der Waals surface area contributed by atoms with Crippen LogP contribution in [0.4, 0.5) is 5.69 Å². The van der Waals surface area contributed by atoms with E-state index >= 15 is 0 Å². The molecule has 0 radical (unpaired) electrons. The van der Waals surface area contributed by atoms with E-state index in [4.69, 9.17) is 0 Å². The maximum atomic E-state index is 4.46. The summed E-state index contributed by atoms with van der Waals surface area (Å²) in [4.78, 5) is 6.92. The molecule has 1 aromatic carbocycles. The molecule has 3 rings (SSSR count). The minimum absolute atomic E-state index is 1.09. The molecule has 2 aromatic rings. The third kappa shape index (κ3) is 2.10. The van der Waals surface area contributed by atoms with Crippen LogP contribution < -0.4 is 4.90 Å². The van der Waals surface area contributed by atoms with Crippen LogP contribution in [-0.4, -0.2) is 18.1 Å². The summed E-state index contributed by atoms with van der Waals surface area (Å²) < 4.78 is 0. The van der Waals surface area contributed by atoms with E-state index in [0.29, 0.717) is 0 Å². The van der Waals surface area contributed by atoms with Crippen molar-refractivity contribution in [2.24, 2.45) is 0 Å². The number of nitrogens with zero attached hydrogens (tertiary/aromatic N) is 2. The molecule has 0 atom stereocenters. The first-order valence-corrected chi connectivity index (χ1v) is 6.61. The lowest BCUT2D eigenvalue weighted by Gasteiger charge is -2.17. The van der Waals surface area contributed by atoms with Crippen LogP contribution in [0.5, 0.6) is 0 Å². The van der Waals surface area contributed by atoms with Gasteiger partial charge in [-0.15, -0.1) is 0 Å². The SMILES string of the molecule is Cc1cccnc1-c1ccc(N2CCCC2)cc1. The van der Waals surface area contributed by atoms with Gasteiger partial charge in [0.15, 0.2) is 0 Å². The maximum absolute atomic E-state index is 4.46. The Morgan fingerprint density at radius 2 is 1.72 bits per heavy atom. The molecule has 2 heterocycles. The van der Waals surface area contributed by atoms with Crippen molar-refractivity contribution < 1.29 is 0 Å². The molecular weight excluding hydrogens is 220 g/mol. The predicted molar refractivity (Wildman–Crippen MR) is 75.9 cm³/mol. The highest BCUT2D eigenvalue weighted by Crippen LogP contribution is 2.25. The van der Waals surface area contributed by atoms with Gasteiger partial charge in [0.25, 0.3) is 0 Å². The Morgan fingerprint density at radius 3 is 2.39 bits per heavy atom. The van der Waals surface area contributed by atoms with Crippen LogP contribution in [0.15, 0.2) is 42.6 Å². The second kappa shape index (κ2) is 4.81. The molecule has 2 heteroatoms. The van der Waals surface area contributed by atoms with Gasteiger partial charge in [0, 0.05) is 30.5 Å². The molecular formula is C16H18N2. The number of aromatic nitrogens is 1. The molecule has 18 heavy (non-hydrogen) atoms. The second-order valence-electron chi connectivity index (χ2n) is 4.91. The van der Waals surface area contributed by atoms with E-state index < -0.39 is 0 Å². The van der Waals surface area contributed by atoms with Crippen molar-refractivity contribution in [3.63, 3.8) is 0 Å². The minimum atomic E-state index is 1.09. The molecule has 92 valence electrons. The van der Waals surface area contributed by atoms with Crippen molar-refractivity contribution in [2.45, 2.75) is 19.8 Å². The van der Waals surface area contributed by atoms with Gasteiger partial charge in [-0.3, -0.25) is 4.98 Å². The minimum Gasteiger partial charge on any atom is -0.372 e. The van der Waals surface area contributed by atoms with Crippen LogP contribution in [0.1, 0.15) is 18.4 Å². The molecule has 1 saturated heterocycles. The van der Waals surface area contributed by atoms with E-state index in [1.54, 1.807) is 0 Å². The second-order valence-corrected chi connectivity index (χ2v) is 4.91. The molecule has 1 aliphatic rings. The van der Waals surface area contributed by atoms with E-state index in [1.165, 1.54) is 42.7 Å². The summed E-state index contributed by atoms with van der Waals surface area (Å²) in [5.74, 6) is 0. The number of hydrogen-bond acceptors (Lipinski definition) is 2. The normalized spacial score (nSPS) is 15.1. The van der Waals surface area contributed by atoms with Crippen LogP contribution in [-0.2, 0) is 0 Å². The average molecular weight is 238 g/mol. The van der Waals surface area contributed by atoms with Gasteiger partial charge in [0.2, 0.25) is 0 Å². The Hall–Kier alpha value is -1.83. The largest absolute Gasteiger partial charge is 0.372 e. The zero-order chi connectivity index (χ0) is 12.4. The zero-order valence-electron chi connectivity index (χ0n) is 10.8. The quantitative estimate of drug-likeness (QED) is 0.793. The monoisotopic (exact) mass is 238 g/mol. The van der Waals surface area contributed by atoms with Crippen molar-refractivity contribution in [1.29, 1.82) is 0 Å². The standard InChI is InChI=1S/C16H18N2/c1-13-5-4-10-17-16(13)14-6-8-15(9-7-14)18-11-2-3-12-18/h4-10H,2-3,11-12H2,1H3. The van der Waals surface area contributed by atoms with Crippen LogP contribution in [0.25, 0.3) is 11.3 Å². The van der Waals surface area contributed by atoms with Crippen LogP contribution in [0.3, 0.4) is 0 Å². The van der Waals surface area contributed by atoms with Crippen molar-refractivity contribution in [3.05, 3.63) is 48.2 Å². The molecule has 0 spiro atoms. The molecule has 1 aromatic heterocycles. The Bertz CT molecular complexity index is 525. The fourth-order valence-electron chi connectivity index (χ4n) is 2.59. The first-order chi connectivity index (χ1) is 8.84. The van der Waals surface area contributed by atoms with Gasteiger partial charge in [0.05, 0.1) is 5.69 Å². The van der Waals surface area contributed by atoms with Gasteiger partial charge in [-0.25, -0.2) is 0 Å². The van der Waals surface area contributed by atoms with Gasteiger partial charge >= 0.3 is 0 Å². The van der Waals surface area contributed by atoms with Gasteiger partial charge in [0.1, 0.15) is 0 Å². The van der Waals surface area contributed by atoms with Gasteiger partial charge in [-0.05, 0) is 43.5 Å². The molecule has 0 N–H and O–H groups in total. The Labute approximate surface area is 108 Å². The molecule has 0 aliphatic carbocycles. The summed E-state index contributed by atoms with van der Waals surface area (Å²) in [6.07, 6.45) is 4.50. The summed E-state index contributed by atoms with van der Waals surface area (Å²) in [6.45, 7) is 4.50. The van der Waals surface area contributed by atoms with Crippen molar-refractivity contribution in [1.82, 2.24) is 4.98 Å². The molecule has 2 nitrogen and oxygen atoms in total. The van der Waals surface area contributed by atoms with Gasteiger partial charge in [-0.1, -0.05) is 18.2 Å². The lowest BCUT2D eigenvalue weighted by molar-refractivity contribution is 0.949. The summed E-state index contributed by atoms with van der Waals surface area (Å²) in [5, 5.41) is 0. The summed E-state index contributed by atoms with van der Waals surface area (Å²) in [7, 11) is 0. The summed E-state index contributed by atoms with van der Waals surface area (Å²) >= 11 is 0. The summed E-state index contributed by atoms with van der Waals surface area (Å²) in [6, 6.07) is 12.9. The van der Waals surface area contributed by atoms with Gasteiger partial charge < -0.3 is 4.90 Å². The highest BCUT2D eigenvalue weighted by atomic mass is 15.1. The Morgan fingerprint density at radius 1 is 1.00 bits per heavy atom. The summed E-state index contributed by atoms with van der Waals surface area (Å²) in [5.41, 5.74) is 4.86. The fraction of sp³-hybridized carbons (Fsp3) is 0.312. The third-order valence-corrected chi connectivity index (χ3v) is 3.62. The van der Waals surface area contributed by atoms with E-state index in [9.17, 15) is 0 Å². The van der Waals surface area contributed by atoms with E-state index in [2.05, 4.69) is 47.1 Å². The average Bonchev–Trinajstić information content (AvgIpc) is 2.94. The number of rotatable bonds is 2. The van der Waals surface area contributed by atoms with E-state index in [1.807, 2.05) is 12.3 Å².